The number of methoxy groups -OCH3 is 1. The highest BCUT2D eigenvalue weighted by molar-refractivity contribution is 7.09. The zero-order valence-electron chi connectivity index (χ0n) is 17.3. The molecule has 1 aliphatic rings. The van der Waals surface area contributed by atoms with Crippen LogP contribution in [-0.4, -0.2) is 36.0 Å². The smallest absolute Gasteiger partial charge is 0.225 e. The predicted octanol–water partition coefficient (Wildman–Crippen LogP) is 4.27. The summed E-state index contributed by atoms with van der Waals surface area (Å²) in [7, 11) is 1.69. The summed E-state index contributed by atoms with van der Waals surface area (Å²) in [6.07, 6.45) is 3.95. The van der Waals surface area contributed by atoms with Gasteiger partial charge in [-0.3, -0.25) is 9.69 Å². The molecule has 1 atom stereocenters. The molecule has 2 aromatic rings. The van der Waals surface area contributed by atoms with Gasteiger partial charge in [0.05, 0.1) is 13.2 Å². The number of piperidine rings is 1. The Morgan fingerprint density at radius 3 is 2.50 bits per heavy atom. The SMILES string of the molecule is COc1ccc(CN2CCC(C(NC(=O)C(C)(C)C)c3nccs3)CC2)cc1. The maximum Gasteiger partial charge on any atom is 0.225 e. The molecule has 1 saturated heterocycles. The second kappa shape index (κ2) is 9.05. The van der Waals surface area contributed by atoms with E-state index in [-0.39, 0.29) is 11.9 Å². The van der Waals surface area contributed by atoms with Gasteiger partial charge in [0.15, 0.2) is 0 Å². The van der Waals surface area contributed by atoms with Gasteiger partial charge < -0.3 is 10.1 Å². The number of thiazole rings is 1. The number of carbonyl (C=O) groups is 1. The van der Waals surface area contributed by atoms with Crippen LogP contribution in [0.4, 0.5) is 0 Å². The fourth-order valence-corrected chi connectivity index (χ4v) is 4.34. The molecule has 28 heavy (non-hydrogen) atoms. The van der Waals surface area contributed by atoms with E-state index in [1.54, 1.807) is 18.4 Å². The molecule has 3 rings (SSSR count). The third-order valence-electron chi connectivity index (χ3n) is 5.35. The molecule has 6 heteroatoms. The van der Waals surface area contributed by atoms with Crippen LogP contribution in [0, 0.1) is 11.3 Å². The Kier molecular flexibility index (Phi) is 6.73. The second-order valence-corrected chi connectivity index (χ2v) is 9.46. The molecule has 1 amide bonds. The van der Waals surface area contributed by atoms with Gasteiger partial charge in [0.2, 0.25) is 5.91 Å². The number of rotatable bonds is 6. The molecule has 1 aromatic heterocycles. The molecule has 152 valence electrons. The first-order valence-electron chi connectivity index (χ1n) is 9.92. The van der Waals surface area contributed by atoms with Crippen molar-refractivity contribution in [2.75, 3.05) is 20.2 Å². The summed E-state index contributed by atoms with van der Waals surface area (Å²) in [6.45, 7) is 8.89. The number of carbonyl (C=O) groups excluding carboxylic acids is 1. The highest BCUT2D eigenvalue weighted by Gasteiger charge is 2.33. The molecule has 1 aromatic carbocycles. The number of nitrogens with zero attached hydrogens (tertiary/aromatic N) is 2. The molecule has 1 N–H and O–H groups in total. The Balaban J connectivity index is 1.60. The maximum absolute atomic E-state index is 12.6. The molecule has 0 aliphatic carbocycles. The van der Waals surface area contributed by atoms with Crippen molar-refractivity contribution in [1.29, 1.82) is 0 Å². The van der Waals surface area contributed by atoms with E-state index in [2.05, 4.69) is 27.3 Å². The number of hydrogen-bond acceptors (Lipinski definition) is 5. The number of ether oxygens (including phenoxy) is 1. The fourth-order valence-electron chi connectivity index (χ4n) is 3.56. The average Bonchev–Trinajstić information content (AvgIpc) is 3.21. The minimum Gasteiger partial charge on any atom is -0.497 e. The average molecular weight is 402 g/mol. The van der Waals surface area contributed by atoms with Crippen molar-refractivity contribution < 1.29 is 9.53 Å². The lowest BCUT2D eigenvalue weighted by Crippen LogP contribution is -2.43. The summed E-state index contributed by atoms with van der Waals surface area (Å²) < 4.78 is 5.24. The van der Waals surface area contributed by atoms with Crippen LogP contribution in [0.1, 0.15) is 50.2 Å². The molecular weight excluding hydrogens is 370 g/mol. The first-order chi connectivity index (χ1) is 13.4. The fraction of sp³-hybridized carbons (Fsp3) is 0.545. The Bertz CT molecular complexity index is 745. The number of nitrogens with one attached hydrogen (secondary N) is 1. The van der Waals surface area contributed by atoms with E-state index in [1.807, 2.05) is 44.5 Å². The Morgan fingerprint density at radius 2 is 1.96 bits per heavy atom. The van der Waals surface area contributed by atoms with Gasteiger partial charge in [0, 0.05) is 23.5 Å². The molecule has 5 nitrogen and oxygen atoms in total. The van der Waals surface area contributed by atoms with E-state index in [0.717, 1.165) is 43.2 Å². The molecule has 1 aliphatic heterocycles. The molecule has 0 spiro atoms. The number of benzene rings is 1. The second-order valence-electron chi connectivity index (χ2n) is 8.53. The van der Waals surface area contributed by atoms with Gasteiger partial charge in [-0.1, -0.05) is 32.9 Å². The van der Waals surface area contributed by atoms with E-state index in [9.17, 15) is 4.79 Å². The highest BCUT2D eigenvalue weighted by Crippen LogP contribution is 2.33. The van der Waals surface area contributed by atoms with Crippen LogP contribution in [0.15, 0.2) is 35.8 Å². The van der Waals surface area contributed by atoms with Crippen molar-refractivity contribution >= 4 is 17.2 Å². The lowest BCUT2D eigenvalue weighted by molar-refractivity contribution is -0.129. The number of amides is 1. The number of hydrogen-bond donors (Lipinski definition) is 1. The zero-order chi connectivity index (χ0) is 20.1. The summed E-state index contributed by atoms with van der Waals surface area (Å²) >= 11 is 1.63. The highest BCUT2D eigenvalue weighted by atomic mass is 32.1. The van der Waals surface area contributed by atoms with E-state index in [4.69, 9.17) is 4.74 Å². The van der Waals surface area contributed by atoms with Crippen molar-refractivity contribution in [2.24, 2.45) is 11.3 Å². The van der Waals surface area contributed by atoms with Crippen LogP contribution in [0.3, 0.4) is 0 Å². The van der Waals surface area contributed by atoms with Crippen LogP contribution in [0.2, 0.25) is 0 Å². The summed E-state index contributed by atoms with van der Waals surface area (Å²) in [5, 5.41) is 6.29. The normalized spacial score (nSPS) is 17.3. The van der Waals surface area contributed by atoms with Crippen LogP contribution in [0.25, 0.3) is 0 Å². The van der Waals surface area contributed by atoms with E-state index < -0.39 is 5.41 Å². The van der Waals surface area contributed by atoms with Crippen molar-refractivity contribution in [3.05, 3.63) is 46.4 Å². The number of aromatic nitrogens is 1. The molecule has 0 saturated carbocycles. The van der Waals surface area contributed by atoms with Gasteiger partial charge in [0.1, 0.15) is 10.8 Å². The molecule has 2 heterocycles. The van der Waals surface area contributed by atoms with E-state index in [1.165, 1.54) is 5.56 Å². The summed E-state index contributed by atoms with van der Waals surface area (Å²) in [5.74, 6) is 1.40. The topological polar surface area (TPSA) is 54.5 Å². The van der Waals surface area contributed by atoms with Crippen LogP contribution in [-0.2, 0) is 11.3 Å². The molecule has 1 unspecified atom stereocenters. The molecule has 1 fully saturated rings. The van der Waals surface area contributed by atoms with Crippen molar-refractivity contribution in [1.82, 2.24) is 15.2 Å². The first-order valence-corrected chi connectivity index (χ1v) is 10.8. The van der Waals surface area contributed by atoms with Crippen molar-refractivity contribution in [3.63, 3.8) is 0 Å². The zero-order valence-corrected chi connectivity index (χ0v) is 18.1. The van der Waals surface area contributed by atoms with Gasteiger partial charge in [0.25, 0.3) is 0 Å². The van der Waals surface area contributed by atoms with Gasteiger partial charge in [-0.25, -0.2) is 4.98 Å². The standard InChI is InChI=1S/C22H31N3O2S/c1-22(2,3)21(26)24-19(20-23-11-14-28-20)17-9-12-25(13-10-17)15-16-5-7-18(27-4)8-6-16/h5-8,11,14,17,19H,9-10,12-13,15H2,1-4H3,(H,24,26). The van der Waals surface area contributed by atoms with Crippen molar-refractivity contribution in [2.45, 2.75) is 46.2 Å². The molecular formula is C22H31N3O2S. The maximum atomic E-state index is 12.6. The lowest BCUT2D eigenvalue weighted by Gasteiger charge is -2.36. The molecule has 0 bridgehead atoms. The Labute approximate surface area is 172 Å². The minimum absolute atomic E-state index is 0.00913. The molecule has 0 radical (unpaired) electrons. The summed E-state index contributed by atoms with van der Waals surface area (Å²) in [6, 6.07) is 8.31. The Hall–Kier alpha value is -1.92. The van der Waals surface area contributed by atoms with E-state index in [0.29, 0.717) is 5.92 Å². The van der Waals surface area contributed by atoms with Crippen LogP contribution >= 0.6 is 11.3 Å². The van der Waals surface area contributed by atoms with E-state index >= 15 is 0 Å². The minimum atomic E-state index is -0.398. The summed E-state index contributed by atoms with van der Waals surface area (Å²) in [4.78, 5) is 19.6. The third-order valence-corrected chi connectivity index (χ3v) is 6.21. The number of likely N-dealkylation sites (tertiary alicyclic amines) is 1. The van der Waals surface area contributed by atoms with Gasteiger partial charge in [-0.15, -0.1) is 11.3 Å². The van der Waals surface area contributed by atoms with Crippen LogP contribution < -0.4 is 10.1 Å². The van der Waals surface area contributed by atoms with Gasteiger partial charge in [-0.05, 0) is 49.5 Å². The monoisotopic (exact) mass is 401 g/mol. The summed E-state index contributed by atoms with van der Waals surface area (Å²) in [5.41, 5.74) is 0.904. The third kappa shape index (κ3) is 5.32. The first kappa shape index (κ1) is 20.8. The Morgan fingerprint density at radius 1 is 1.29 bits per heavy atom. The van der Waals surface area contributed by atoms with Crippen LogP contribution in [0.5, 0.6) is 5.75 Å². The van der Waals surface area contributed by atoms with Crippen molar-refractivity contribution in [3.8, 4) is 5.75 Å². The van der Waals surface area contributed by atoms with Gasteiger partial charge in [-0.2, -0.15) is 0 Å². The van der Waals surface area contributed by atoms with Gasteiger partial charge >= 0.3 is 0 Å². The predicted molar refractivity (Wildman–Crippen MR) is 113 cm³/mol. The lowest BCUT2D eigenvalue weighted by atomic mass is 9.87. The largest absolute Gasteiger partial charge is 0.497 e. The quantitative estimate of drug-likeness (QED) is 0.785.